The van der Waals surface area contributed by atoms with Gasteiger partial charge in [-0.2, -0.15) is 0 Å². The monoisotopic (exact) mass is 558 g/mol. The van der Waals surface area contributed by atoms with E-state index in [1.165, 1.54) is 0 Å². The van der Waals surface area contributed by atoms with Crippen LogP contribution in [0, 0.1) is 5.92 Å². The molecule has 0 heterocycles. The van der Waals surface area contributed by atoms with Gasteiger partial charge >= 0.3 is 0 Å². The molecule has 0 spiro atoms. The summed E-state index contributed by atoms with van der Waals surface area (Å²) in [7, 11) is 1.62. The highest BCUT2D eigenvalue weighted by Gasteiger charge is 2.54. The first-order valence-corrected chi connectivity index (χ1v) is 14.0. The third-order valence-electron chi connectivity index (χ3n) is 7.55. The topological polar surface area (TPSA) is 36.9 Å². The van der Waals surface area contributed by atoms with E-state index < -0.39 is 17.9 Å². The van der Waals surface area contributed by atoms with Gasteiger partial charge in [0.2, 0.25) is 0 Å². The fraction of sp³-hybridized carbons (Fsp3) is 0.314. The van der Waals surface area contributed by atoms with Crippen LogP contribution in [0.5, 0.6) is 11.5 Å². The van der Waals surface area contributed by atoms with Gasteiger partial charge < -0.3 is 18.9 Å². The number of hydrogen-bond donors (Lipinski definition) is 0. The Morgan fingerprint density at radius 2 is 1.34 bits per heavy atom. The molecule has 1 fully saturated rings. The van der Waals surface area contributed by atoms with Gasteiger partial charge in [-0.05, 0) is 46.9 Å². The van der Waals surface area contributed by atoms with Gasteiger partial charge in [0.05, 0.1) is 39.0 Å². The normalized spacial score (nSPS) is 19.9. The maximum atomic E-state index is 16.0. The minimum Gasteiger partial charge on any atom is -0.497 e. The molecule has 0 aromatic heterocycles. The Bertz CT molecular complexity index is 1350. The lowest BCUT2D eigenvalue weighted by Crippen LogP contribution is -2.53. The number of alkyl halides is 2. The summed E-state index contributed by atoms with van der Waals surface area (Å²) in [5.41, 5.74) is 3.83. The summed E-state index contributed by atoms with van der Waals surface area (Å²) in [6.07, 6.45) is -0.901. The van der Waals surface area contributed by atoms with Crippen molar-refractivity contribution in [3.05, 3.63) is 131 Å². The van der Waals surface area contributed by atoms with E-state index in [0.717, 1.165) is 28.0 Å². The van der Waals surface area contributed by atoms with Crippen molar-refractivity contribution in [2.45, 2.75) is 50.6 Å². The zero-order chi connectivity index (χ0) is 28.5. The van der Waals surface area contributed by atoms with Crippen LogP contribution in [0.4, 0.5) is 8.78 Å². The van der Waals surface area contributed by atoms with Gasteiger partial charge in [-0.1, -0.05) is 91.0 Å². The van der Waals surface area contributed by atoms with E-state index in [0.29, 0.717) is 18.8 Å². The molecular weight excluding hydrogens is 522 g/mol. The van der Waals surface area contributed by atoms with Crippen LogP contribution in [-0.4, -0.2) is 31.8 Å². The van der Waals surface area contributed by atoms with Crippen LogP contribution in [0.3, 0.4) is 0 Å². The lowest BCUT2D eigenvalue weighted by atomic mass is 9.81. The van der Waals surface area contributed by atoms with Crippen molar-refractivity contribution in [3.63, 3.8) is 0 Å². The smallest absolute Gasteiger partial charge is 0.289 e. The van der Waals surface area contributed by atoms with E-state index >= 15 is 8.78 Å². The molecule has 214 valence electrons. The molecule has 41 heavy (non-hydrogen) atoms. The highest BCUT2D eigenvalue weighted by Crippen LogP contribution is 2.43. The molecule has 0 amide bonds. The first kappa shape index (κ1) is 28.8. The average molecular weight is 559 g/mol. The fourth-order valence-electron chi connectivity index (χ4n) is 5.23. The Balaban J connectivity index is 1.32. The molecule has 0 bridgehead atoms. The molecule has 4 aromatic carbocycles. The van der Waals surface area contributed by atoms with Gasteiger partial charge in [0.1, 0.15) is 11.5 Å². The largest absolute Gasteiger partial charge is 0.497 e. The second-order valence-electron chi connectivity index (χ2n) is 10.5. The molecule has 1 aliphatic rings. The van der Waals surface area contributed by atoms with E-state index in [2.05, 4.69) is 0 Å². The first-order valence-electron chi connectivity index (χ1n) is 14.0. The minimum atomic E-state index is -3.10. The fourth-order valence-corrected chi connectivity index (χ4v) is 5.23. The van der Waals surface area contributed by atoms with Crippen molar-refractivity contribution in [3.8, 4) is 11.5 Å². The van der Waals surface area contributed by atoms with Crippen LogP contribution >= 0.6 is 0 Å². The number of hydrogen-bond acceptors (Lipinski definition) is 4. The van der Waals surface area contributed by atoms with Crippen LogP contribution in [-0.2, 0) is 29.1 Å². The predicted molar refractivity (Wildman–Crippen MR) is 155 cm³/mol. The Hall–Kier alpha value is -3.74. The van der Waals surface area contributed by atoms with Gasteiger partial charge in [0, 0.05) is 12.8 Å². The van der Waals surface area contributed by atoms with E-state index in [1.54, 1.807) is 13.2 Å². The summed E-state index contributed by atoms with van der Waals surface area (Å²) in [5.74, 6) is -2.92. The first-order chi connectivity index (χ1) is 20.0. The Morgan fingerprint density at radius 3 is 2.02 bits per heavy atom. The van der Waals surface area contributed by atoms with Crippen LogP contribution < -0.4 is 9.47 Å². The zero-order valence-electron chi connectivity index (χ0n) is 23.3. The van der Waals surface area contributed by atoms with E-state index in [4.69, 9.17) is 18.9 Å². The van der Waals surface area contributed by atoms with Crippen LogP contribution in [0.2, 0.25) is 0 Å². The van der Waals surface area contributed by atoms with E-state index in [-0.39, 0.29) is 32.2 Å². The summed E-state index contributed by atoms with van der Waals surface area (Å²) in [6.45, 7) is 0.551. The van der Waals surface area contributed by atoms with Crippen molar-refractivity contribution in [1.29, 1.82) is 0 Å². The van der Waals surface area contributed by atoms with E-state index in [1.807, 2.05) is 103 Å². The van der Waals surface area contributed by atoms with Crippen molar-refractivity contribution in [1.82, 2.24) is 0 Å². The molecule has 3 atom stereocenters. The van der Waals surface area contributed by atoms with Crippen LogP contribution in [0.1, 0.15) is 35.1 Å². The molecule has 0 N–H and O–H groups in total. The summed E-state index contributed by atoms with van der Waals surface area (Å²) < 4.78 is 55.6. The minimum absolute atomic E-state index is 0.0829. The average Bonchev–Trinajstić information content (AvgIpc) is 3.00. The highest BCUT2D eigenvalue weighted by atomic mass is 19.3. The molecule has 5 rings (SSSR count). The third-order valence-corrected chi connectivity index (χ3v) is 7.55. The predicted octanol–water partition coefficient (Wildman–Crippen LogP) is 7.88. The van der Waals surface area contributed by atoms with Gasteiger partial charge in [-0.15, -0.1) is 0 Å². The maximum absolute atomic E-state index is 16.0. The highest BCUT2D eigenvalue weighted by molar-refractivity contribution is 5.39. The molecule has 4 aromatic rings. The molecule has 0 aliphatic heterocycles. The molecular formula is C35H36F2O4. The second-order valence-corrected chi connectivity index (χ2v) is 10.5. The molecule has 1 aliphatic carbocycles. The van der Waals surface area contributed by atoms with Gasteiger partial charge in [-0.3, -0.25) is 0 Å². The zero-order valence-corrected chi connectivity index (χ0v) is 23.3. The van der Waals surface area contributed by atoms with Crippen molar-refractivity contribution in [2.75, 3.05) is 13.7 Å². The van der Waals surface area contributed by atoms with Crippen molar-refractivity contribution >= 4 is 0 Å². The SMILES string of the molecule is COc1ccc(Cc2ccccc2O[C@H]2C[C@@H](OCc3ccccc3)C[C@@H](COCc3ccccc3)C2(F)F)cc1. The number of rotatable bonds is 12. The number of methoxy groups -OCH3 is 1. The van der Waals surface area contributed by atoms with Gasteiger partial charge in [0.25, 0.3) is 5.92 Å². The van der Waals surface area contributed by atoms with Crippen molar-refractivity contribution < 1.29 is 27.7 Å². The molecule has 4 nitrogen and oxygen atoms in total. The Labute approximate surface area is 240 Å². The standard InChI is InChI=1S/C35H36F2O4/c1-38-31-18-16-26(17-19-31)20-29-14-8-9-15-33(29)41-34-22-32(40-24-28-12-6-3-7-13-28)21-30(35(34,36)37)25-39-23-27-10-4-2-5-11-27/h2-19,30,32,34H,20-25H2,1H3/t30-,32-,34-/m0/s1. The molecule has 0 saturated heterocycles. The number of ether oxygens (including phenoxy) is 4. The van der Waals surface area contributed by atoms with Crippen LogP contribution in [0.15, 0.2) is 109 Å². The number of benzene rings is 4. The Morgan fingerprint density at radius 1 is 0.707 bits per heavy atom. The summed E-state index contributed by atoms with van der Waals surface area (Å²) in [5, 5.41) is 0. The Kier molecular flexibility index (Phi) is 9.65. The number of para-hydroxylation sites is 1. The summed E-state index contributed by atoms with van der Waals surface area (Å²) >= 11 is 0. The van der Waals surface area contributed by atoms with Gasteiger partial charge in [0.15, 0.2) is 6.10 Å². The second kappa shape index (κ2) is 13.7. The quantitative estimate of drug-likeness (QED) is 0.177. The molecule has 1 saturated carbocycles. The van der Waals surface area contributed by atoms with Gasteiger partial charge in [-0.25, -0.2) is 8.78 Å². The molecule has 6 heteroatoms. The lowest BCUT2D eigenvalue weighted by Gasteiger charge is -2.41. The van der Waals surface area contributed by atoms with E-state index in [9.17, 15) is 0 Å². The summed E-state index contributed by atoms with van der Waals surface area (Å²) in [4.78, 5) is 0. The lowest BCUT2D eigenvalue weighted by molar-refractivity contribution is -0.200. The maximum Gasteiger partial charge on any atom is 0.289 e. The van der Waals surface area contributed by atoms with Crippen molar-refractivity contribution in [2.24, 2.45) is 5.92 Å². The number of halogens is 2. The third kappa shape index (κ3) is 7.72. The van der Waals surface area contributed by atoms with Crippen LogP contribution in [0.25, 0.3) is 0 Å². The summed E-state index contributed by atoms with van der Waals surface area (Å²) in [6, 6.07) is 34.5. The molecule has 0 radical (unpaired) electrons. The molecule has 0 unspecified atom stereocenters.